The Bertz CT molecular complexity index is 862. The van der Waals surface area contributed by atoms with Crippen molar-refractivity contribution < 1.29 is 0 Å². The summed E-state index contributed by atoms with van der Waals surface area (Å²) in [7, 11) is 0. The standard InChI is InChI=1S/C18H11N3S/c19-10-14-3-1-13(2-4-14)9-17-12-22-21-18(17)16-7-5-15(11-20)6-8-16/h1-8,12H,9H2. The maximum absolute atomic E-state index is 8.86. The lowest BCUT2D eigenvalue weighted by atomic mass is 10.0. The quantitative estimate of drug-likeness (QED) is 0.730. The summed E-state index contributed by atoms with van der Waals surface area (Å²) in [5.74, 6) is 0. The number of benzene rings is 2. The highest BCUT2D eigenvalue weighted by atomic mass is 32.1. The number of rotatable bonds is 3. The van der Waals surface area contributed by atoms with Crippen molar-refractivity contribution in [1.29, 1.82) is 10.5 Å². The Morgan fingerprint density at radius 3 is 2.05 bits per heavy atom. The first-order chi connectivity index (χ1) is 10.8. The van der Waals surface area contributed by atoms with E-state index in [9.17, 15) is 0 Å². The van der Waals surface area contributed by atoms with E-state index in [2.05, 4.69) is 16.5 Å². The molecule has 3 rings (SSSR count). The topological polar surface area (TPSA) is 60.5 Å². The van der Waals surface area contributed by atoms with Gasteiger partial charge in [0.1, 0.15) is 0 Å². The molecule has 0 amide bonds. The molecule has 3 nitrogen and oxygen atoms in total. The first kappa shape index (κ1) is 14.0. The summed E-state index contributed by atoms with van der Waals surface area (Å²) in [5.41, 5.74) is 5.59. The summed E-state index contributed by atoms with van der Waals surface area (Å²) in [5, 5.41) is 19.8. The highest BCUT2D eigenvalue weighted by Gasteiger charge is 2.09. The molecule has 104 valence electrons. The van der Waals surface area contributed by atoms with E-state index in [-0.39, 0.29) is 0 Å². The monoisotopic (exact) mass is 301 g/mol. The molecular weight excluding hydrogens is 290 g/mol. The van der Waals surface area contributed by atoms with Gasteiger partial charge in [0, 0.05) is 17.4 Å². The largest absolute Gasteiger partial charge is 0.192 e. The second-order valence-electron chi connectivity index (χ2n) is 4.86. The zero-order chi connectivity index (χ0) is 15.4. The smallest absolute Gasteiger partial charge is 0.0991 e. The van der Waals surface area contributed by atoms with Gasteiger partial charge in [-0.1, -0.05) is 24.3 Å². The van der Waals surface area contributed by atoms with E-state index in [0.29, 0.717) is 11.1 Å². The minimum atomic E-state index is 0.646. The van der Waals surface area contributed by atoms with Gasteiger partial charge in [-0.25, -0.2) is 0 Å². The predicted molar refractivity (Wildman–Crippen MR) is 86.2 cm³/mol. The van der Waals surface area contributed by atoms with Gasteiger partial charge in [0.2, 0.25) is 0 Å². The number of hydrogen-bond donors (Lipinski definition) is 0. The molecule has 0 spiro atoms. The number of hydrogen-bond acceptors (Lipinski definition) is 4. The van der Waals surface area contributed by atoms with Crippen LogP contribution < -0.4 is 0 Å². The van der Waals surface area contributed by atoms with Crippen molar-refractivity contribution in [3.05, 3.63) is 76.2 Å². The Balaban J connectivity index is 1.88. The molecule has 0 fully saturated rings. The molecule has 0 saturated carbocycles. The highest BCUT2D eigenvalue weighted by Crippen LogP contribution is 2.26. The fourth-order valence-electron chi connectivity index (χ4n) is 2.24. The molecule has 1 heterocycles. The molecule has 0 unspecified atom stereocenters. The molecule has 0 aliphatic heterocycles. The van der Waals surface area contributed by atoms with E-state index in [0.717, 1.165) is 28.8 Å². The molecule has 0 bridgehead atoms. The van der Waals surface area contributed by atoms with Crippen LogP contribution in [0.1, 0.15) is 22.3 Å². The van der Waals surface area contributed by atoms with Gasteiger partial charge in [0.25, 0.3) is 0 Å². The molecule has 0 saturated heterocycles. The van der Waals surface area contributed by atoms with Crippen LogP contribution in [0.4, 0.5) is 0 Å². The zero-order valence-corrected chi connectivity index (χ0v) is 12.5. The van der Waals surface area contributed by atoms with E-state index < -0.39 is 0 Å². The van der Waals surface area contributed by atoms with Gasteiger partial charge < -0.3 is 0 Å². The molecule has 3 aromatic rings. The van der Waals surface area contributed by atoms with Gasteiger partial charge in [0.15, 0.2) is 0 Å². The van der Waals surface area contributed by atoms with Crippen molar-refractivity contribution >= 4 is 11.5 Å². The van der Waals surface area contributed by atoms with Crippen molar-refractivity contribution in [3.63, 3.8) is 0 Å². The Hall–Kier alpha value is -2.95. The molecule has 2 aromatic carbocycles. The van der Waals surface area contributed by atoms with Gasteiger partial charge in [-0.05, 0) is 46.9 Å². The Kier molecular flexibility index (Phi) is 3.96. The van der Waals surface area contributed by atoms with E-state index >= 15 is 0 Å². The van der Waals surface area contributed by atoms with Crippen molar-refractivity contribution in [3.8, 4) is 23.4 Å². The number of nitrogens with zero attached hydrogens (tertiary/aromatic N) is 3. The van der Waals surface area contributed by atoms with Crippen LogP contribution in [0.15, 0.2) is 53.9 Å². The van der Waals surface area contributed by atoms with Crippen LogP contribution in [0, 0.1) is 22.7 Å². The lowest BCUT2D eigenvalue weighted by molar-refractivity contribution is 1.20. The van der Waals surface area contributed by atoms with Crippen LogP contribution in [0.25, 0.3) is 11.3 Å². The fourth-order valence-corrected chi connectivity index (χ4v) is 2.94. The van der Waals surface area contributed by atoms with Crippen molar-refractivity contribution in [2.24, 2.45) is 0 Å². The highest BCUT2D eigenvalue weighted by molar-refractivity contribution is 7.04. The number of nitriles is 2. The van der Waals surface area contributed by atoms with Gasteiger partial charge >= 0.3 is 0 Å². The Labute approximate surface area is 132 Å². The minimum absolute atomic E-state index is 0.646. The van der Waals surface area contributed by atoms with E-state index in [1.165, 1.54) is 11.5 Å². The average Bonchev–Trinajstić information content (AvgIpc) is 3.04. The van der Waals surface area contributed by atoms with Crippen molar-refractivity contribution in [2.75, 3.05) is 0 Å². The van der Waals surface area contributed by atoms with E-state index in [1.807, 2.05) is 41.8 Å². The molecular formula is C18H11N3S. The summed E-state index contributed by atoms with van der Waals surface area (Å²) in [4.78, 5) is 0. The fraction of sp³-hybridized carbons (Fsp3) is 0.0556. The minimum Gasteiger partial charge on any atom is -0.192 e. The van der Waals surface area contributed by atoms with Crippen LogP contribution in [-0.2, 0) is 6.42 Å². The average molecular weight is 301 g/mol. The second kappa shape index (κ2) is 6.22. The molecule has 0 aliphatic carbocycles. The van der Waals surface area contributed by atoms with Gasteiger partial charge in [0.05, 0.1) is 29.0 Å². The summed E-state index contributed by atoms with van der Waals surface area (Å²) >= 11 is 1.43. The zero-order valence-electron chi connectivity index (χ0n) is 11.7. The maximum Gasteiger partial charge on any atom is 0.0991 e. The first-order valence-corrected chi connectivity index (χ1v) is 7.56. The normalized spacial score (nSPS) is 9.91. The third kappa shape index (κ3) is 2.88. The second-order valence-corrected chi connectivity index (χ2v) is 5.49. The molecule has 4 heteroatoms. The van der Waals surface area contributed by atoms with Crippen LogP contribution in [0.3, 0.4) is 0 Å². The van der Waals surface area contributed by atoms with Gasteiger partial charge in [-0.3, -0.25) is 0 Å². The third-order valence-electron chi connectivity index (χ3n) is 3.41. The van der Waals surface area contributed by atoms with Crippen molar-refractivity contribution in [2.45, 2.75) is 6.42 Å². The summed E-state index contributed by atoms with van der Waals surface area (Å²) in [6.45, 7) is 0. The predicted octanol–water partition coefficient (Wildman–Crippen LogP) is 4.14. The van der Waals surface area contributed by atoms with Crippen LogP contribution >= 0.6 is 11.5 Å². The first-order valence-electron chi connectivity index (χ1n) is 6.73. The number of aromatic nitrogens is 1. The molecule has 1 aromatic heterocycles. The van der Waals surface area contributed by atoms with Crippen LogP contribution in [0.2, 0.25) is 0 Å². The Morgan fingerprint density at radius 1 is 0.864 bits per heavy atom. The Morgan fingerprint density at radius 2 is 1.45 bits per heavy atom. The summed E-state index contributed by atoms with van der Waals surface area (Å²) < 4.78 is 4.48. The molecule has 0 N–H and O–H groups in total. The van der Waals surface area contributed by atoms with E-state index in [1.54, 1.807) is 12.1 Å². The third-order valence-corrected chi connectivity index (χ3v) is 4.09. The molecule has 0 aliphatic rings. The lowest BCUT2D eigenvalue weighted by Crippen LogP contribution is -1.90. The molecule has 0 atom stereocenters. The SMILES string of the molecule is N#Cc1ccc(Cc2csnc2-c2ccc(C#N)cc2)cc1. The lowest BCUT2D eigenvalue weighted by Gasteiger charge is -2.04. The maximum atomic E-state index is 8.86. The molecule has 0 radical (unpaired) electrons. The van der Waals surface area contributed by atoms with Crippen LogP contribution in [0.5, 0.6) is 0 Å². The molecule has 22 heavy (non-hydrogen) atoms. The van der Waals surface area contributed by atoms with Crippen molar-refractivity contribution in [1.82, 2.24) is 4.37 Å². The summed E-state index contributed by atoms with van der Waals surface area (Å²) in [6.07, 6.45) is 0.775. The van der Waals surface area contributed by atoms with Gasteiger partial charge in [-0.15, -0.1) is 0 Å². The summed E-state index contributed by atoms with van der Waals surface area (Å²) in [6, 6.07) is 19.3. The van der Waals surface area contributed by atoms with Gasteiger partial charge in [-0.2, -0.15) is 14.9 Å². The van der Waals surface area contributed by atoms with Crippen LogP contribution in [-0.4, -0.2) is 4.37 Å². The van der Waals surface area contributed by atoms with E-state index in [4.69, 9.17) is 10.5 Å².